The Labute approximate surface area is 203 Å². The summed E-state index contributed by atoms with van der Waals surface area (Å²) in [6, 6.07) is 0. The number of aliphatic hydroxyl groups excluding tert-OH is 7. The second-order valence-corrected chi connectivity index (χ2v) is 10.5. The molecule has 2 heterocycles. The first-order valence-electron chi connectivity index (χ1n) is 12.5. The molecule has 14 atom stereocenters. The van der Waals surface area contributed by atoms with Crippen molar-refractivity contribution in [1.29, 1.82) is 0 Å². The maximum absolute atomic E-state index is 11.4. The highest BCUT2D eigenvalue weighted by atomic mass is 16.7. The van der Waals surface area contributed by atoms with Crippen LogP contribution < -0.4 is 0 Å². The Morgan fingerprint density at radius 2 is 1.69 bits per heavy atom. The van der Waals surface area contributed by atoms with E-state index in [1.807, 2.05) is 0 Å². The summed E-state index contributed by atoms with van der Waals surface area (Å²) in [5.74, 6) is -1.14. The third-order valence-corrected chi connectivity index (χ3v) is 8.00. The van der Waals surface area contributed by atoms with Gasteiger partial charge in [-0.25, -0.2) is 0 Å². The second kappa shape index (κ2) is 11.2. The van der Waals surface area contributed by atoms with Gasteiger partial charge in [0.1, 0.15) is 24.4 Å². The molecule has 4 aliphatic rings. The summed E-state index contributed by atoms with van der Waals surface area (Å²) in [5, 5.41) is 72.0. The number of ether oxygens (including phenoxy) is 4. The summed E-state index contributed by atoms with van der Waals surface area (Å²) >= 11 is 0. The van der Waals surface area contributed by atoms with E-state index in [9.17, 15) is 40.5 Å². The van der Waals surface area contributed by atoms with Crippen LogP contribution in [0.3, 0.4) is 0 Å². The maximum Gasteiger partial charge on any atom is 0.303 e. The first-order chi connectivity index (χ1) is 16.6. The van der Waals surface area contributed by atoms with E-state index in [1.165, 1.54) is 0 Å². The smallest absolute Gasteiger partial charge is 0.303 e. The Balaban J connectivity index is 1.53. The monoisotopic (exact) mass is 507 g/mol. The highest BCUT2D eigenvalue weighted by Crippen LogP contribution is 2.42. The Bertz CT molecular complexity index is 721. The number of aliphatic hydroxyl groups is 9. The van der Waals surface area contributed by atoms with Gasteiger partial charge < -0.3 is 54.7 Å². The van der Waals surface area contributed by atoms with E-state index in [0.29, 0.717) is 32.1 Å². The van der Waals surface area contributed by atoms with Gasteiger partial charge in [0.25, 0.3) is 0 Å². The third kappa shape index (κ3) is 5.82. The molecule has 2 saturated carbocycles. The fourth-order valence-electron chi connectivity index (χ4n) is 6.18. The van der Waals surface area contributed by atoms with Crippen molar-refractivity contribution in [2.75, 3.05) is 6.61 Å². The van der Waals surface area contributed by atoms with Gasteiger partial charge in [-0.1, -0.05) is 0 Å². The second-order valence-electron chi connectivity index (χ2n) is 10.5. The Morgan fingerprint density at radius 3 is 2.34 bits per heavy atom. The molecule has 2 saturated heterocycles. The highest BCUT2D eigenvalue weighted by Gasteiger charge is 2.55. The summed E-state index contributed by atoms with van der Waals surface area (Å²) in [4.78, 5) is 11.4. The van der Waals surface area contributed by atoms with Crippen LogP contribution in [0.2, 0.25) is 0 Å². The van der Waals surface area contributed by atoms with E-state index in [-0.39, 0.29) is 24.4 Å². The van der Waals surface area contributed by atoms with Crippen molar-refractivity contribution in [2.45, 2.75) is 119 Å². The van der Waals surface area contributed by atoms with Crippen molar-refractivity contribution in [3.8, 4) is 0 Å². The van der Waals surface area contributed by atoms with Crippen LogP contribution >= 0.6 is 0 Å². The number of hydrogen-bond donors (Lipinski definition) is 7. The first-order valence-corrected chi connectivity index (χ1v) is 12.5. The zero-order valence-electron chi connectivity index (χ0n) is 19.7. The minimum absolute atomic E-state index is 0.149. The summed E-state index contributed by atoms with van der Waals surface area (Å²) < 4.78 is 21.8. The number of hydrogen-bond acceptors (Lipinski definition) is 11. The molecule has 12 nitrogen and oxygen atoms in total. The van der Waals surface area contributed by atoms with Crippen LogP contribution in [0.1, 0.15) is 45.4 Å². The predicted molar refractivity (Wildman–Crippen MR) is 117 cm³/mol. The Kier molecular flexibility index (Phi) is 8.69. The van der Waals surface area contributed by atoms with Crippen LogP contribution in [0.5, 0.6) is 0 Å². The molecule has 35 heavy (non-hydrogen) atoms. The molecule has 0 radical (unpaired) electrons. The lowest BCUT2D eigenvalue weighted by Gasteiger charge is -2.48. The van der Waals surface area contributed by atoms with E-state index in [1.54, 1.807) is 0 Å². The lowest BCUT2D eigenvalue weighted by atomic mass is 9.72. The number of rotatable bonds is 5. The SMILES string of the molecule is CC(=O)O[C@H]1[C@@H](O)[C@H](O)[C@@H](OC2CC3C(O)CC(O)CC3[OH+]C2C2CCC(O)C(O)C2)O[C@H]1CO. The highest BCUT2D eigenvalue weighted by molar-refractivity contribution is 5.66. The van der Waals surface area contributed by atoms with Gasteiger partial charge in [0.15, 0.2) is 24.6 Å². The first kappa shape index (κ1) is 27.1. The average molecular weight is 508 g/mol. The molecule has 4 rings (SSSR count). The predicted octanol–water partition coefficient (Wildman–Crippen LogP) is -2.94. The number of carbonyl (C=O) groups excluding carboxylic acids is 1. The van der Waals surface area contributed by atoms with Gasteiger partial charge in [-0.3, -0.25) is 4.79 Å². The minimum atomic E-state index is -1.59. The van der Waals surface area contributed by atoms with E-state index in [0.717, 1.165) is 6.92 Å². The van der Waals surface area contributed by atoms with Crippen molar-refractivity contribution >= 4 is 5.97 Å². The zero-order chi connectivity index (χ0) is 25.4. The van der Waals surface area contributed by atoms with Crippen LogP contribution in [-0.4, -0.2) is 126 Å². The van der Waals surface area contributed by atoms with E-state index >= 15 is 0 Å². The van der Waals surface area contributed by atoms with Crippen LogP contribution in [0.25, 0.3) is 0 Å². The molecule has 0 spiro atoms. The lowest BCUT2D eigenvalue weighted by Crippen LogP contribution is -2.63. The molecule has 2 aliphatic heterocycles. The van der Waals surface area contributed by atoms with Gasteiger partial charge in [0.2, 0.25) is 0 Å². The van der Waals surface area contributed by atoms with Gasteiger partial charge >= 0.3 is 5.97 Å². The van der Waals surface area contributed by atoms with E-state index in [4.69, 9.17) is 18.9 Å². The normalized spacial score (nSPS) is 50.9. The number of fused-ring (bicyclic) bond motifs is 1. The third-order valence-electron chi connectivity index (χ3n) is 8.00. The fourth-order valence-corrected chi connectivity index (χ4v) is 6.18. The Morgan fingerprint density at radius 1 is 0.943 bits per heavy atom. The molecule has 4 fully saturated rings. The van der Waals surface area contributed by atoms with Gasteiger partial charge in [0, 0.05) is 25.7 Å². The number of esters is 1. The van der Waals surface area contributed by atoms with Crippen LogP contribution in [-0.2, 0) is 19.0 Å². The topological polar surface area (TPSA) is 199 Å². The molecule has 0 aromatic carbocycles. The molecule has 9 unspecified atom stereocenters. The molecule has 202 valence electrons. The van der Waals surface area contributed by atoms with E-state index in [2.05, 4.69) is 0 Å². The number of carbonyl (C=O) groups is 1. The van der Waals surface area contributed by atoms with Crippen molar-refractivity contribution < 1.29 is 59.5 Å². The maximum atomic E-state index is 11.4. The molecular formula is C23H39O12+. The van der Waals surface area contributed by atoms with Gasteiger partial charge in [0.05, 0.1) is 36.9 Å². The molecular weight excluding hydrogens is 468 g/mol. The molecule has 0 bridgehead atoms. The molecule has 12 heteroatoms. The van der Waals surface area contributed by atoms with Gasteiger partial charge in [-0.15, -0.1) is 0 Å². The summed E-state index contributed by atoms with van der Waals surface area (Å²) in [6.45, 7) is 0.552. The summed E-state index contributed by atoms with van der Waals surface area (Å²) in [5.41, 5.74) is 0. The standard InChI is InChI=1S/C23H38O12/c1-9(25)32-22-18(8-24)35-23(20(31)19(22)30)34-17-7-12-14(28)5-11(26)6-16(12)33-21(17)10-2-3-13(27)15(29)4-10/h10-24,26-31H,2-8H2,1H3/p+1/t10?,11?,12?,13?,14?,15?,16?,17?,18-,19-,20-,21?,22+,23-/m0/s1. The van der Waals surface area contributed by atoms with Crippen molar-refractivity contribution in [2.24, 2.45) is 11.8 Å². The average Bonchev–Trinajstić information content (AvgIpc) is 2.80. The Hall–Kier alpha value is -0.930. The molecule has 0 amide bonds. The summed E-state index contributed by atoms with van der Waals surface area (Å²) in [7, 11) is 0. The molecule has 0 aromatic rings. The van der Waals surface area contributed by atoms with Crippen LogP contribution in [0.4, 0.5) is 0 Å². The van der Waals surface area contributed by atoms with Crippen molar-refractivity contribution in [3.63, 3.8) is 0 Å². The van der Waals surface area contributed by atoms with Crippen molar-refractivity contribution in [3.05, 3.63) is 0 Å². The summed E-state index contributed by atoms with van der Waals surface area (Å²) in [6.07, 6.45) is -9.30. The van der Waals surface area contributed by atoms with Crippen molar-refractivity contribution in [1.82, 2.24) is 0 Å². The largest absolute Gasteiger partial charge is 0.457 e. The quantitative estimate of drug-likeness (QED) is 0.148. The fraction of sp³-hybridized carbons (Fsp3) is 0.957. The van der Waals surface area contributed by atoms with Crippen LogP contribution in [0, 0.1) is 11.8 Å². The van der Waals surface area contributed by atoms with Crippen LogP contribution in [0.15, 0.2) is 0 Å². The van der Waals surface area contributed by atoms with Gasteiger partial charge in [-0.05, 0) is 25.7 Å². The van der Waals surface area contributed by atoms with Gasteiger partial charge in [-0.2, -0.15) is 0 Å². The molecule has 8 N–H and O–H groups in total. The minimum Gasteiger partial charge on any atom is -0.457 e. The lowest BCUT2D eigenvalue weighted by molar-refractivity contribution is -0.356. The molecule has 0 aromatic heterocycles. The molecule has 2 aliphatic carbocycles. The zero-order valence-corrected chi connectivity index (χ0v) is 19.7. The van der Waals surface area contributed by atoms with E-state index < -0.39 is 79.9 Å².